The predicted molar refractivity (Wildman–Crippen MR) is 110 cm³/mol. The Morgan fingerprint density at radius 1 is 1.33 bits per heavy atom. The third-order valence-electron chi connectivity index (χ3n) is 4.98. The average Bonchev–Trinajstić information content (AvgIpc) is 2.79. The molecule has 1 amide bonds. The average molecular weight is 367 g/mol. The molecular weight excluding hydrogens is 338 g/mol. The van der Waals surface area contributed by atoms with Crippen LogP contribution in [-0.4, -0.2) is 29.8 Å². The van der Waals surface area contributed by atoms with Gasteiger partial charge in [-0.2, -0.15) is 0 Å². The summed E-state index contributed by atoms with van der Waals surface area (Å²) in [6.45, 7) is 11.5. The molecule has 144 valence electrons. The van der Waals surface area contributed by atoms with Crippen LogP contribution in [0.5, 0.6) is 0 Å². The number of nitrogens with zero attached hydrogens (tertiary/aromatic N) is 1. The van der Waals surface area contributed by atoms with E-state index < -0.39 is 0 Å². The van der Waals surface area contributed by atoms with Crippen molar-refractivity contribution in [3.05, 3.63) is 47.7 Å². The monoisotopic (exact) mass is 367 g/mol. The molecule has 5 heteroatoms. The molecule has 0 spiro atoms. The lowest BCUT2D eigenvalue weighted by Gasteiger charge is -2.35. The van der Waals surface area contributed by atoms with E-state index in [1.807, 2.05) is 6.08 Å². The Morgan fingerprint density at radius 2 is 2.07 bits per heavy atom. The predicted octanol–water partition coefficient (Wildman–Crippen LogP) is 3.42. The van der Waals surface area contributed by atoms with Gasteiger partial charge in [-0.05, 0) is 62.1 Å². The SMILES string of the molecule is CC(=O)NC1=CC(Nc2ccc3c(c2)CC(C)(C)N3CC(C)C)C=CC1=O. The van der Waals surface area contributed by atoms with Crippen molar-refractivity contribution in [3.8, 4) is 0 Å². The number of anilines is 2. The molecule has 27 heavy (non-hydrogen) atoms. The van der Waals surface area contributed by atoms with E-state index in [0.717, 1.165) is 18.7 Å². The summed E-state index contributed by atoms with van der Waals surface area (Å²) in [6, 6.07) is 6.34. The lowest BCUT2D eigenvalue weighted by atomic mass is 9.98. The molecule has 0 fully saturated rings. The van der Waals surface area contributed by atoms with Crippen molar-refractivity contribution < 1.29 is 9.59 Å². The molecule has 2 aliphatic rings. The first kappa shape index (κ1) is 19.2. The van der Waals surface area contributed by atoms with Crippen molar-refractivity contribution in [2.24, 2.45) is 5.92 Å². The molecule has 0 radical (unpaired) electrons. The van der Waals surface area contributed by atoms with Crippen LogP contribution in [0.1, 0.15) is 40.2 Å². The molecule has 1 atom stereocenters. The van der Waals surface area contributed by atoms with E-state index >= 15 is 0 Å². The number of rotatable bonds is 5. The van der Waals surface area contributed by atoms with Crippen molar-refractivity contribution in [2.45, 2.75) is 52.6 Å². The topological polar surface area (TPSA) is 61.4 Å². The number of ketones is 1. The number of fused-ring (bicyclic) bond motifs is 1. The highest BCUT2D eigenvalue weighted by Gasteiger charge is 2.36. The van der Waals surface area contributed by atoms with Crippen LogP contribution < -0.4 is 15.5 Å². The second-order valence-corrected chi connectivity index (χ2v) is 8.49. The van der Waals surface area contributed by atoms with Crippen molar-refractivity contribution in [1.82, 2.24) is 5.32 Å². The summed E-state index contributed by atoms with van der Waals surface area (Å²) in [7, 11) is 0. The van der Waals surface area contributed by atoms with Gasteiger partial charge >= 0.3 is 0 Å². The number of allylic oxidation sites excluding steroid dienone is 1. The molecule has 1 aromatic carbocycles. The van der Waals surface area contributed by atoms with Crippen LogP contribution in [0.3, 0.4) is 0 Å². The summed E-state index contributed by atoms with van der Waals surface area (Å²) in [4.78, 5) is 25.6. The normalized spacial score (nSPS) is 20.5. The second kappa shape index (κ2) is 7.22. The number of hydrogen-bond acceptors (Lipinski definition) is 4. The lowest BCUT2D eigenvalue weighted by Crippen LogP contribution is -2.43. The Kier molecular flexibility index (Phi) is 5.13. The van der Waals surface area contributed by atoms with Gasteiger partial charge in [0.1, 0.15) is 0 Å². The van der Waals surface area contributed by atoms with Gasteiger partial charge in [0.15, 0.2) is 0 Å². The van der Waals surface area contributed by atoms with Crippen LogP contribution in [0.2, 0.25) is 0 Å². The zero-order valence-electron chi connectivity index (χ0n) is 16.8. The van der Waals surface area contributed by atoms with Crippen molar-refractivity contribution >= 4 is 23.1 Å². The number of nitrogens with one attached hydrogen (secondary N) is 2. The first-order chi connectivity index (χ1) is 12.7. The zero-order chi connectivity index (χ0) is 19.8. The van der Waals surface area contributed by atoms with Gasteiger partial charge in [0.25, 0.3) is 0 Å². The van der Waals surface area contributed by atoms with Gasteiger partial charge < -0.3 is 15.5 Å². The highest BCUT2D eigenvalue weighted by atomic mass is 16.2. The van der Waals surface area contributed by atoms with Crippen LogP contribution in [0.25, 0.3) is 0 Å². The van der Waals surface area contributed by atoms with Crippen LogP contribution >= 0.6 is 0 Å². The van der Waals surface area contributed by atoms with Gasteiger partial charge in [0, 0.05) is 30.4 Å². The molecule has 2 N–H and O–H groups in total. The Balaban J connectivity index is 1.79. The third-order valence-corrected chi connectivity index (χ3v) is 4.98. The first-order valence-corrected chi connectivity index (χ1v) is 9.55. The summed E-state index contributed by atoms with van der Waals surface area (Å²) in [5.41, 5.74) is 4.10. The molecule has 0 saturated heterocycles. The smallest absolute Gasteiger partial charge is 0.221 e. The Bertz CT molecular complexity index is 821. The minimum atomic E-state index is -0.242. The minimum absolute atomic E-state index is 0.112. The number of benzene rings is 1. The molecule has 1 aliphatic carbocycles. The Morgan fingerprint density at radius 3 is 2.74 bits per heavy atom. The number of hydrogen-bond donors (Lipinski definition) is 2. The highest BCUT2D eigenvalue weighted by Crippen LogP contribution is 2.40. The van der Waals surface area contributed by atoms with Crippen LogP contribution in [-0.2, 0) is 16.0 Å². The zero-order valence-corrected chi connectivity index (χ0v) is 16.8. The summed E-state index contributed by atoms with van der Waals surface area (Å²) < 4.78 is 0. The van der Waals surface area contributed by atoms with E-state index in [-0.39, 0.29) is 23.3 Å². The maximum atomic E-state index is 11.9. The largest absolute Gasteiger partial charge is 0.375 e. The maximum Gasteiger partial charge on any atom is 0.221 e. The van der Waals surface area contributed by atoms with E-state index in [0.29, 0.717) is 11.6 Å². The van der Waals surface area contributed by atoms with E-state index in [9.17, 15) is 9.59 Å². The van der Waals surface area contributed by atoms with Gasteiger partial charge in [-0.25, -0.2) is 0 Å². The lowest BCUT2D eigenvalue weighted by molar-refractivity contribution is -0.120. The van der Waals surface area contributed by atoms with E-state index in [4.69, 9.17) is 0 Å². The molecule has 1 aliphatic heterocycles. The van der Waals surface area contributed by atoms with Gasteiger partial charge in [-0.1, -0.05) is 19.9 Å². The number of carbonyl (C=O) groups excluding carboxylic acids is 2. The Hall–Kier alpha value is -2.56. The molecule has 5 nitrogen and oxygen atoms in total. The molecule has 0 saturated carbocycles. The molecule has 0 aromatic heterocycles. The fourth-order valence-corrected chi connectivity index (χ4v) is 3.85. The summed E-state index contributed by atoms with van der Waals surface area (Å²) in [5.74, 6) is 0.187. The van der Waals surface area contributed by atoms with Crippen LogP contribution in [0, 0.1) is 5.92 Å². The van der Waals surface area contributed by atoms with Gasteiger partial charge in [0.2, 0.25) is 11.7 Å². The standard InChI is InChI=1S/C22H29N3O2/c1-14(2)13-25-20-8-6-17(10-16(20)12-22(25,4)5)24-18-7-9-21(27)19(11-18)23-15(3)26/h6-11,14,18,24H,12-13H2,1-5H3,(H,23,26). The number of carbonyl (C=O) groups is 2. The van der Waals surface area contributed by atoms with Crippen molar-refractivity contribution in [2.75, 3.05) is 16.8 Å². The molecule has 1 aromatic rings. The third kappa shape index (κ3) is 4.24. The Labute approximate surface area is 161 Å². The fourth-order valence-electron chi connectivity index (χ4n) is 3.85. The minimum Gasteiger partial charge on any atom is -0.375 e. The van der Waals surface area contributed by atoms with Gasteiger partial charge in [-0.3, -0.25) is 9.59 Å². The maximum absolute atomic E-state index is 11.9. The van der Waals surface area contributed by atoms with Crippen LogP contribution in [0.4, 0.5) is 11.4 Å². The number of amides is 1. The summed E-state index contributed by atoms with van der Waals surface area (Å²) in [5, 5.41) is 6.03. The van der Waals surface area contributed by atoms with Gasteiger partial charge in [0.05, 0.1) is 11.7 Å². The quantitative estimate of drug-likeness (QED) is 0.837. The van der Waals surface area contributed by atoms with E-state index in [2.05, 4.69) is 61.4 Å². The second-order valence-electron chi connectivity index (χ2n) is 8.49. The summed E-state index contributed by atoms with van der Waals surface area (Å²) >= 11 is 0. The van der Waals surface area contributed by atoms with Crippen molar-refractivity contribution in [3.63, 3.8) is 0 Å². The van der Waals surface area contributed by atoms with Gasteiger partial charge in [-0.15, -0.1) is 0 Å². The summed E-state index contributed by atoms with van der Waals surface area (Å²) in [6.07, 6.45) is 6.09. The fraction of sp³-hybridized carbons (Fsp3) is 0.455. The molecule has 1 heterocycles. The van der Waals surface area contributed by atoms with Crippen molar-refractivity contribution in [1.29, 1.82) is 0 Å². The van der Waals surface area contributed by atoms with E-state index in [1.165, 1.54) is 24.3 Å². The molecule has 0 bridgehead atoms. The van der Waals surface area contributed by atoms with Crippen LogP contribution in [0.15, 0.2) is 42.1 Å². The highest BCUT2D eigenvalue weighted by molar-refractivity contribution is 6.07. The molecule has 1 unspecified atom stereocenters. The van der Waals surface area contributed by atoms with E-state index in [1.54, 1.807) is 6.08 Å². The first-order valence-electron chi connectivity index (χ1n) is 9.55. The molecule has 3 rings (SSSR count). The molecular formula is C22H29N3O2.